The van der Waals surface area contributed by atoms with Crippen LogP contribution >= 0.6 is 0 Å². The Kier molecular flexibility index (Phi) is 7.22. The monoisotopic (exact) mass is 383 g/mol. The van der Waals surface area contributed by atoms with Crippen molar-refractivity contribution in [2.24, 2.45) is 5.10 Å². The third-order valence-electron chi connectivity index (χ3n) is 3.72. The van der Waals surface area contributed by atoms with E-state index in [-0.39, 0.29) is 11.3 Å². The van der Waals surface area contributed by atoms with E-state index in [1.807, 2.05) is 19.1 Å². The van der Waals surface area contributed by atoms with Crippen LogP contribution in [0, 0.1) is 11.3 Å². The molecule has 2 aromatic carbocycles. The molecule has 2 rings (SSSR count). The van der Waals surface area contributed by atoms with Gasteiger partial charge in [-0.2, -0.15) is 10.4 Å². The van der Waals surface area contributed by atoms with Crippen molar-refractivity contribution in [3.05, 3.63) is 42.0 Å². The van der Waals surface area contributed by atoms with Crippen LogP contribution in [0.25, 0.3) is 0 Å². The molecule has 0 saturated heterocycles. The van der Waals surface area contributed by atoms with Crippen LogP contribution in [0.4, 0.5) is 5.69 Å². The van der Waals surface area contributed by atoms with Crippen LogP contribution in [0.15, 0.2) is 41.5 Å². The van der Waals surface area contributed by atoms with Gasteiger partial charge in [0.2, 0.25) is 17.2 Å². The van der Waals surface area contributed by atoms with E-state index in [1.54, 1.807) is 18.2 Å². The summed E-state index contributed by atoms with van der Waals surface area (Å²) in [5.41, 5.74) is 3.09. The van der Waals surface area contributed by atoms with E-state index in [2.05, 4.69) is 10.5 Å². The number of para-hydroxylation sites is 2. The van der Waals surface area contributed by atoms with Gasteiger partial charge >= 0.3 is 0 Å². The number of hydrogen-bond acceptors (Lipinski definition) is 8. The Labute approximate surface area is 163 Å². The molecule has 0 unspecified atom stereocenters. The number of hydrogen-bond donors (Lipinski definition) is 1. The van der Waals surface area contributed by atoms with Crippen molar-refractivity contribution in [1.29, 1.82) is 5.26 Å². The molecule has 2 aromatic rings. The number of ketones is 1. The number of nitrogens with zero attached hydrogens (tertiary/aromatic N) is 2. The largest absolute Gasteiger partial charge is 0.493 e. The van der Waals surface area contributed by atoms with Gasteiger partial charge in [-0.25, -0.2) is 0 Å². The Balaban J connectivity index is 2.36. The van der Waals surface area contributed by atoms with Crippen molar-refractivity contribution in [1.82, 2.24) is 0 Å². The lowest BCUT2D eigenvalue weighted by molar-refractivity contribution is 0.106. The minimum absolute atomic E-state index is 0.176. The Morgan fingerprint density at radius 2 is 1.71 bits per heavy atom. The van der Waals surface area contributed by atoms with Crippen LogP contribution in [0.1, 0.15) is 17.3 Å². The van der Waals surface area contributed by atoms with Crippen molar-refractivity contribution in [2.45, 2.75) is 6.92 Å². The Hall–Kier alpha value is -3.73. The summed E-state index contributed by atoms with van der Waals surface area (Å²) in [6.45, 7) is 2.33. The number of benzene rings is 2. The van der Waals surface area contributed by atoms with Crippen LogP contribution < -0.4 is 24.4 Å². The quantitative estimate of drug-likeness (QED) is 0.403. The summed E-state index contributed by atoms with van der Waals surface area (Å²) in [7, 11) is 4.35. The van der Waals surface area contributed by atoms with Gasteiger partial charge in [-0.05, 0) is 31.2 Å². The normalized spacial score (nSPS) is 10.6. The van der Waals surface area contributed by atoms with E-state index in [0.717, 1.165) is 0 Å². The van der Waals surface area contributed by atoms with Crippen molar-refractivity contribution in [3.8, 4) is 29.1 Å². The fourth-order valence-corrected chi connectivity index (χ4v) is 2.43. The summed E-state index contributed by atoms with van der Waals surface area (Å²) < 4.78 is 21.2. The minimum atomic E-state index is -0.594. The molecule has 8 nitrogen and oxygen atoms in total. The standard InChI is InChI=1S/C20H21N3O5/c1-5-28-16-9-7-6-8-14(16)22-23-15(12-21)19(24)13-10-17(25-2)20(27-4)18(11-13)26-3/h6-11,22H,5H2,1-4H3/b23-15+. The van der Waals surface area contributed by atoms with Gasteiger partial charge in [0.15, 0.2) is 11.5 Å². The van der Waals surface area contributed by atoms with Gasteiger partial charge in [0.25, 0.3) is 0 Å². The number of nitriles is 1. The van der Waals surface area contributed by atoms with E-state index >= 15 is 0 Å². The molecule has 0 saturated carbocycles. The highest BCUT2D eigenvalue weighted by atomic mass is 16.5. The van der Waals surface area contributed by atoms with Crippen molar-refractivity contribution in [2.75, 3.05) is 33.4 Å². The predicted octanol–water partition coefficient (Wildman–Crippen LogP) is 3.29. The van der Waals surface area contributed by atoms with Gasteiger partial charge in [-0.3, -0.25) is 10.2 Å². The van der Waals surface area contributed by atoms with Gasteiger partial charge in [-0.15, -0.1) is 0 Å². The molecule has 0 amide bonds. The first-order valence-corrected chi connectivity index (χ1v) is 8.39. The van der Waals surface area contributed by atoms with E-state index in [4.69, 9.17) is 18.9 Å². The molecule has 0 aliphatic heterocycles. The minimum Gasteiger partial charge on any atom is -0.493 e. The molecule has 0 spiro atoms. The lowest BCUT2D eigenvalue weighted by Gasteiger charge is -2.13. The topological polar surface area (TPSA) is 102 Å². The highest BCUT2D eigenvalue weighted by Crippen LogP contribution is 2.38. The first-order chi connectivity index (χ1) is 13.6. The SMILES string of the molecule is CCOc1ccccc1N/N=C(\C#N)C(=O)c1cc(OC)c(OC)c(OC)c1. The molecule has 0 aliphatic rings. The first kappa shape index (κ1) is 20.6. The van der Waals surface area contributed by atoms with Crippen molar-refractivity contribution < 1.29 is 23.7 Å². The fourth-order valence-electron chi connectivity index (χ4n) is 2.43. The Morgan fingerprint density at radius 3 is 2.25 bits per heavy atom. The fraction of sp³-hybridized carbons (Fsp3) is 0.250. The number of Topliss-reactive ketones (excluding diaryl/α,β-unsaturated/α-hetero) is 1. The molecule has 28 heavy (non-hydrogen) atoms. The highest BCUT2D eigenvalue weighted by Gasteiger charge is 2.20. The second-order valence-corrected chi connectivity index (χ2v) is 5.36. The maximum Gasteiger partial charge on any atom is 0.224 e. The molecule has 0 aromatic heterocycles. The number of nitrogens with one attached hydrogen (secondary N) is 1. The average molecular weight is 383 g/mol. The summed E-state index contributed by atoms with van der Waals surface area (Å²) in [6.07, 6.45) is 0. The maximum absolute atomic E-state index is 12.8. The van der Waals surface area contributed by atoms with E-state index in [0.29, 0.717) is 35.3 Å². The number of ether oxygens (including phenoxy) is 4. The van der Waals surface area contributed by atoms with Crippen LogP contribution in [-0.2, 0) is 0 Å². The summed E-state index contributed by atoms with van der Waals surface area (Å²) in [5, 5.41) is 13.4. The summed E-state index contributed by atoms with van der Waals surface area (Å²) >= 11 is 0. The summed E-state index contributed by atoms with van der Waals surface area (Å²) in [5.74, 6) is 0.921. The molecular weight excluding hydrogens is 362 g/mol. The van der Waals surface area contributed by atoms with Crippen LogP contribution in [-0.4, -0.2) is 39.4 Å². The molecule has 1 N–H and O–H groups in total. The molecule has 8 heteroatoms. The molecule has 0 bridgehead atoms. The zero-order valence-electron chi connectivity index (χ0n) is 16.1. The second-order valence-electron chi connectivity index (χ2n) is 5.36. The van der Waals surface area contributed by atoms with Crippen molar-refractivity contribution in [3.63, 3.8) is 0 Å². The summed E-state index contributed by atoms with van der Waals surface area (Å²) in [4.78, 5) is 12.8. The first-order valence-electron chi connectivity index (χ1n) is 8.39. The Bertz CT molecular complexity index is 893. The van der Waals surface area contributed by atoms with E-state index in [1.165, 1.54) is 33.5 Å². The second kappa shape index (κ2) is 9.83. The summed E-state index contributed by atoms with van der Waals surface area (Å²) in [6, 6.07) is 11.8. The van der Waals surface area contributed by atoms with E-state index in [9.17, 15) is 10.1 Å². The van der Waals surface area contributed by atoms with Crippen LogP contribution in [0.2, 0.25) is 0 Å². The zero-order chi connectivity index (χ0) is 20.5. The number of hydrazone groups is 1. The molecule has 0 aliphatic carbocycles. The molecular formula is C20H21N3O5. The number of methoxy groups -OCH3 is 3. The lowest BCUT2D eigenvalue weighted by Crippen LogP contribution is -2.15. The lowest BCUT2D eigenvalue weighted by atomic mass is 10.1. The van der Waals surface area contributed by atoms with Crippen molar-refractivity contribution >= 4 is 17.2 Å². The predicted molar refractivity (Wildman–Crippen MR) is 105 cm³/mol. The number of anilines is 1. The molecule has 0 atom stereocenters. The average Bonchev–Trinajstić information content (AvgIpc) is 2.74. The van der Waals surface area contributed by atoms with Gasteiger partial charge in [-0.1, -0.05) is 12.1 Å². The third kappa shape index (κ3) is 4.51. The van der Waals surface area contributed by atoms with Gasteiger partial charge in [0.05, 0.1) is 33.6 Å². The van der Waals surface area contributed by atoms with Crippen LogP contribution in [0.5, 0.6) is 23.0 Å². The van der Waals surface area contributed by atoms with Gasteiger partial charge in [0.1, 0.15) is 11.8 Å². The third-order valence-corrected chi connectivity index (χ3v) is 3.72. The molecule has 0 fully saturated rings. The number of carbonyl (C=O) groups is 1. The Morgan fingerprint density at radius 1 is 1.07 bits per heavy atom. The van der Waals surface area contributed by atoms with Crippen LogP contribution in [0.3, 0.4) is 0 Å². The molecule has 146 valence electrons. The van der Waals surface area contributed by atoms with Gasteiger partial charge in [0, 0.05) is 5.56 Å². The number of carbonyl (C=O) groups excluding carboxylic acids is 1. The zero-order valence-corrected chi connectivity index (χ0v) is 16.1. The molecule has 0 radical (unpaired) electrons. The smallest absolute Gasteiger partial charge is 0.224 e. The molecule has 0 heterocycles. The van der Waals surface area contributed by atoms with E-state index < -0.39 is 5.78 Å². The number of rotatable bonds is 9. The van der Waals surface area contributed by atoms with Gasteiger partial charge < -0.3 is 18.9 Å². The maximum atomic E-state index is 12.8. The highest BCUT2D eigenvalue weighted by molar-refractivity contribution is 6.51.